The summed E-state index contributed by atoms with van der Waals surface area (Å²) in [4.78, 5) is 46.1. The van der Waals surface area contributed by atoms with Crippen molar-refractivity contribution in [3.63, 3.8) is 0 Å². The van der Waals surface area contributed by atoms with E-state index >= 15 is 0 Å². The van der Waals surface area contributed by atoms with Crippen LogP contribution in [-0.4, -0.2) is 77.1 Å². The van der Waals surface area contributed by atoms with Crippen LogP contribution < -0.4 is 118 Å². The fourth-order valence-corrected chi connectivity index (χ4v) is 9.52. The van der Waals surface area contributed by atoms with Crippen molar-refractivity contribution < 1.29 is 202 Å². The Hall–Kier alpha value is -5.63. The zero-order chi connectivity index (χ0) is 71.1. The predicted molar refractivity (Wildman–Crippen MR) is 375 cm³/mol. The SMILES string of the molecule is C.C.C.C.C.CCOC(=O)C(Br)c1cccc(C(F)(F)F)c1.CCOC(=O)C(Oc1ccc(Cl)cc1-c1cnn(CC)c1)c1cccc(C(F)(F)F)c1.CCn1cc(-c2cc(Br)ccc2OC(C(=O)O)c2cccc(C(F)(F)F)c2)cn1.CCn1cc(-c2cc(Cl)ccc2O)cn1.O=CO[O-].[H-].[K+].[K+]. The van der Waals surface area contributed by atoms with Crippen LogP contribution in [0.1, 0.15) is 124 Å². The number of aryl methyl sites for hydroxylation is 3. The molecule has 0 bridgehead atoms. The van der Waals surface area contributed by atoms with Crippen LogP contribution in [0.4, 0.5) is 39.5 Å². The maximum atomic E-state index is 13.2. The number of rotatable bonds is 19. The van der Waals surface area contributed by atoms with Gasteiger partial charge in [-0.25, -0.2) is 9.59 Å². The van der Waals surface area contributed by atoms with E-state index in [1.165, 1.54) is 30.3 Å². The van der Waals surface area contributed by atoms with E-state index in [1.54, 1.807) is 113 Å². The van der Waals surface area contributed by atoms with Gasteiger partial charge in [0.25, 0.3) is 6.47 Å². The van der Waals surface area contributed by atoms with Gasteiger partial charge >= 0.3 is 139 Å². The number of carbonyl (C=O) groups is 4. The molecule has 9 rings (SSSR count). The van der Waals surface area contributed by atoms with Crippen LogP contribution in [0.2, 0.25) is 10.0 Å². The molecule has 6 aromatic carbocycles. The zero-order valence-electron chi connectivity index (χ0n) is 54.0. The van der Waals surface area contributed by atoms with Gasteiger partial charge < -0.3 is 40.7 Å². The van der Waals surface area contributed by atoms with Crippen molar-refractivity contribution in [2.75, 3.05) is 13.2 Å². The molecule has 2 N–H and O–H groups in total. The van der Waals surface area contributed by atoms with Gasteiger partial charge in [-0.3, -0.25) is 23.6 Å². The molecule has 18 nitrogen and oxygen atoms in total. The molecule has 103 heavy (non-hydrogen) atoms. The van der Waals surface area contributed by atoms with Crippen LogP contribution in [0.3, 0.4) is 0 Å². The summed E-state index contributed by atoms with van der Waals surface area (Å²) in [5.41, 5.74) is 1.60. The summed E-state index contributed by atoms with van der Waals surface area (Å²) < 4.78 is 143. The molecular formula is C70H79Br2Cl2F9K2N6O12. The normalized spacial score (nSPS) is 11.2. The molecular weight excluding hydrogens is 1600 g/mol. The quantitative estimate of drug-likeness (QED) is 0.0146. The first-order chi connectivity index (χ1) is 45.4. The average molecular weight is 1680 g/mol. The number of phenolic OH excluding ortho intramolecular Hbond substituents is 1. The monoisotopic (exact) mass is 1670 g/mol. The zero-order valence-corrected chi connectivity index (χ0v) is 63.9. The molecule has 33 heteroatoms. The minimum atomic E-state index is -4.59. The Morgan fingerprint density at radius 3 is 1.28 bits per heavy atom. The molecule has 9 aromatic rings. The largest absolute Gasteiger partial charge is 1.00 e. The topological polar surface area (TPSA) is 231 Å². The second-order valence-corrected chi connectivity index (χ2v) is 22.2. The van der Waals surface area contributed by atoms with Crippen molar-refractivity contribution in [2.24, 2.45) is 0 Å². The molecule has 0 spiro atoms. The Kier molecular flexibility index (Phi) is 47.9. The van der Waals surface area contributed by atoms with Gasteiger partial charge in [0.05, 0.1) is 48.5 Å². The molecule has 0 saturated carbocycles. The fourth-order valence-electron chi connectivity index (χ4n) is 8.39. The number of phenols is 1. The number of aliphatic carboxylic acids is 1. The Labute approximate surface area is 706 Å². The molecule has 0 saturated heterocycles. The number of carboxylic acid groups (broad SMARTS) is 1. The van der Waals surface area contributed by atoms with Gasteiger partial charge in [0.2, 0.25) is 12.2 Å². The van der Waals surface area contributed by atoms with Crippen molar-refractivity contribution in [3.05, 3.63) is 212 Å². The minimum Gasteiger partial charge on any atom is -1.00 e. The van der Waals surface area contributed by atoms with E-state index in [4.69, 9.17) is 52.2 Å². The number of esters is 2. The van der Waals surface area contributed by atoms with E-state index < -0.39 is 70.2 Å². The average Bonchev–Trinajstić information content (AvgIpc) is 1.30. The van der Waals surface area contributed by atoms with Crippen molar-refractivity contribution >= 4 is 79.4 Å². The van der Waals surface area contributed by atoms with Crippen LogP contribution in [0.25, 0.3) is 33.4 Å². The van der Waals surface area contributed by atoms with E-state index in [1.807, 2.05) is 27.0 Å². The third-order valence-corrected chi connectivity index (χ3v) is 14.8. The molecule has 0 aliphatic rings. The summed E-state index contributed by atoms with van der Waals surface area (Å²) in [6.45, 7) is 11.2. The Bertz CT molecular complexity index is 4060. The van der Waals surface area contributed by atoms with Crippen LogP contribution in [0.15, 0.2) is 169 Å². The molecule has 0 fully saturated rings. The molecule has 3 aromatic heterocycles. The third kappa shape index (κ3) is 31.4. The molecule has 0 aliphatic heterocycles. The maximum absolute atomic E-state index is 13.2. The van der Waals surface area contributed by atoms with Gasteiger partial charge in [-0.1, -0.05) is 135 Å². The second-order valence-electron chi connectivity index (χ2n) is 19.5. The number of aromatic hydroxyl groups is 1. The summed E-state index contributed by atoms with van der Waals surface area (Å²) in [6.07, 6.45) is -6.20. The van der Waals surface area contributed by atoms with Gasteiger partial charge in [-0.2, -0.15) is 54.8 Å². The molecule has 0 radical (unpaired) electrons. The Morgan fingerprint density at radius 2 is 0.893 bits per heavy atom. The van der Waals surface area contributed by atoms with Crippen LogP contribution in [0, 0.1) is 0 Å². The first kappa shape index (κ1) is 102. The van der Waals surface area contributed by atoms with Gasteiger partial charge in [-0.15, -0.1) is 0 Å². The Balaban J connectivity index is -0.000000635. The standard InChI is InChI=1S/C22H20ClF3N2O3.C20H16BrF3N2O3.C11H10BrF3O2.C11H11ClN2O.CH2O3.5CH4.2K.H/c1-3-28-13-15(12-27-28)18-11-17(23)8-9-19(18)31-20(21(29)30-4-2)14-6-5-7-16(10-14)22(24,25)26;1-2-26-11-13(10-25-26)16-9-15(21)6-7-17(16)29-18(19(27)28)12-4-3-5-14(8-12)20(22,23)24;1-2-17-10(16)9(12)7-4-3-5-8(6-7)11(13,14)15;1-2-14-7-8(6-13-14)10-5-9(12)3-4-11(10)15;2-1-4-3;;;;;;;;/h5-13,20H,3-4H2,1-2H3;3-11,18H,2H2,1H3,(H,27,28);3-6,9H,2H2,1H3;3-7,15H,2H2,1H3;1,3H;5*1H4;;;/q;;;;;;;;;;2*+1;-1/p-1. The van der Waals surface area contributed by atoms with Crippen molar-refractivity contribution in [1.29, 1.82) is 0 Å². The van der Waals surface area contributed by atoms with Gasteiger partial charge in [0, 0.05) is 97.3 Å². The van der Waals surface area contributed by atoms with Gasteiger partial charge in [-0.05, 0) is 125 Å². The van der Waals surface area contributed by atoms with E-state index in [2.05, 4.69) is 52.0 Å². The predicted octanol–water partition coefficient (Wildman–Crippen LogP) is 13.9. The summed E-state index contributed by atoms with van der Waals surface area (Å²) in [6, 6.07) is 27.8. The summed E-state index contributed by atoms with van der Waals surface area (Å²) in [7, 11) is 0. The van der Waals surface area contributed by atoms with Crippen molar-refractivity contribution in [3.8, 4) is 50.6 Å². The number of carboxylic acids is 1. The number of nitrogens with zero attached hydrogens (tertiary/aromatic N) is 6. The fraction of sp³-hybridized carbons (Fsp3) is 0.300. The summed E-state index contributed by atoms with van der Waals surface area (Å²) >= 11 is 18.4. The number of aromatic nitrogens is 6. The number of hydrogen-bond acceptors (Lipinski definition) is 14. The van der Waals surface area contributed by atoms with Crippen molar-refractivity contribution in [2.45, 2.75) is 127 Å². The minimum absolute atomic E-state index is 0. The molecule has 3 atom stereocenters. The van der Waals surface area contributed by atoms with Crippen molar-refractivity contribution in [1.82, 2.24) is 29.3 Å². The van der Waals surface area contributed by atoms with E-state index in [0.29, 0.717) is 51.0 Å². The number of ether oxygens (including phenoxy) is 4. The number of alkyl halides is 10. The molecule has 554 valence electrons. The number of carbonyl (C=O) groups excluding carboxylic acids is 3. The third-order valence-electron chi connectivity index (χ3n) is 12.9. The maximum Gasteiger partial charge on any atom is 1.00 e. The van der Waals surface area contributed by atoms with E-state index in [0.717, 1.165) is 59.0 Å². The summed E-state index contributed by atoms with van der Waals surface area (Å²) in [5.74, 6) is -2.11. The first-order valence-corrected chi connectivity index (χ1v) is 30.8. The van der Waals surface area contributed by atoms with Gasteiger partial charge in [0.15, 0.2) is 0 Å². The number of halogens is 13. The van der Waals surface area contributed by atoms with Crippen LogP contribution in [0.5, 0.6) is 17.2 Å². The number of hydrogen-bond donors (Lipinski definition) is 2. The molecule has 3 heterocycles. The van der Waals surface area contributed by atoms with Crippen LogP contribution in [-0.2, 0) is 71.7 Å². The summed E-state index contributed by atoms with van der Waals surface area (Å²) in [5, 5.41) is 41.3. The first-order valence-electron chi connectivity index (χ1n) is 28.3. The van der Waals surface area contributed by atoms with E-state index in [-0.39, 0.29) is 195 Å². The second kappa shape index (κ2) is 48.5. The smallest absolute Gasteiger partial charge is 1.00 e. The number of benzene rings is 6. The molecule has 0 amide bonds. The Morgan fingerprint density at radius 1 is 0.544 bits per heavy atom. The molecule has 0 aliphatic carbocycles. The van der Waals surface area contributed by atoms with Gasteiger partial charge in [0.1, 0.15) is 22.1 Å². The van der Waals surface area contributed by atoms with Crippen LogP contribution >= 0.6 is 55.1 Å². The van der Waals surface area contributed by atoms with E-state index in [9.17, 15) is 64.1 Å². The molecule has 3 unspecified atom stereocenters.